The molecule has 0 amide bonds. The van der Waals surface area contributed by atoms with Crippen LogP contribution in [0.2, 0.25) is 5.02 Å². The molecule has 1 aromatic rings. The first kappa shape index (κ1) is 19.5. The Morgan fingerprint density at radius 1 is 1.29 bits per heavy atom. The minimum Gasteiger partial charge on any atom is -0.492 e. The first-order chi connectivity index (χ1) is 11.3. The van der Waals surface area contributed by atoms with Crippen molar-refractivity contribution in [1.82, 2.24) is 4.31 Å². The van der Waals surface area contributed by atoms with Crippen LogP contribution in [-0.4, -0.2) is 44.6 Å². The third-order valence-corrected chi connectivity index (χ3v) is 6.24. The van der Waals surface area contributed by atoms with Gasteiger partial charge in [0.2, 0.25) is 10.0 Å². The molecule has 0 saturated carbocycles. The number of unbranched alkanes of at least 4 members (excludes halogenated alkanes) is 1. The molecule has 0 bridgehead atoms. The van der Waals surface area contributed by atoms with E-state index in [1.807, 2.05) is 20.8 Å². The van der Waals surface area contributed by atoms with Crippen LogP contribution in [-0.2, 0) is 14.8 Å². The van der Waals surface area contributed by atoms with Gasteiger partial charge < -0.3 is 9.47 Å². The van der Waals surface area contributed by atoms with Crippen LogP contribution in [0.3, 0.4) is 0 Å². The normalized spacial score (nSPS) is 22.5. The van der Waals surface area contributed by atoms with Gasteiger partial charge in [0.1, 0.15) is 10.6 Å². The third kappa shape index (κ3) is 4.42. The van der Waals surface area contributed by atoms with Crippen molar-refractivity contribution in [3.63, 3.8) is 0 Å². The van der Waals surface area contributed by atoms with Gasteiger partial charge in [0.25, 0.3) is 0 Å². The largest absolute Gasteiger partial charge is 0.492 e. The highest BCUT2D eigenvalue weighted by molar-refractivity contribution is 7.89. The summed E-state index contributed by atoms with van der Waals surface area (Å²) in [6.07, 6.45) is 1.56. The molecule has 1 saturated heterocycles. The lowest BCUT2D eigenvalue weighted by Crippen LogP contribution is -2.48. The van der Waals surface area contributed by atoms with Crippen molar-refractivity contribution in [2.75, 3.05) is 19.7 Å². The fourth-order valence-corrected chi connectivity index (χ4v) is 4.70. The van der Waals surface area contributed by atoms with E-state index in [-0.39, 0.29) is 17.1 Å². The van der Waals surface area contributed by atoms with Crippen LogP contribution in [0.1, 0.15) is 39.2 Å². The number of rotatable bonds is 6. The second kappa shape index (κ2) is 8.04. The molecule has 2 rings (SSSR count). The molecular formula is C17H26ClNO4S. The van der Waals surface area contributed by atoms with Gasteiger partial charge in [-0.05, 0) is 44.9 Å². The number of nitrogens with zero attached hydrogens (tertiary/aromatic N) is 1. The summed E-state index contributed by atoms with van der Waals surface area (Å²) in [5.74, 6) is 0.372. The molecule has 0 N–H and O–H groups in total. The van der Waals surface area contributed by atoms with Crippen molar-refractivity contribution in [2.24, 2.45) is 0 Å². The highest BCUT2D eigenvalue weighted by Gasteiger charge is 2.34. The Hall–Kier alpha value is -0.820. The maximum atomic E-state index is 13.1. The van der Waals surface area contributed by atoms with Crippen LogP contribution in [0.15, 0.2) is 17.0 Å². The zero-order valence-electron chi connectivity index (χ0n) is 14.7. The van der Waals surface area contributed by atoms with Crippen LogP contribution in [0.4, 0.5) is 0 Å². The molecule has 0 spiro atoms. The summed E-state index contributed by atoms with van der Waals surface area (Å²) in [5, 5.41) is 0.422. The summed E-state index contributed by atoms with van der Waals surface area (Å²) in [6.45, 7) is 8.78. The smallest absolute Gasteiger partial charge is 0.246 e. The van der Waals surface area contributed by atoms with Gasteiger partial charge in [-0.2, -0.15) is 4.31 Å². The Morgan fingerprint density at radius 3 is 2.50 bits per heavy atom. The van der Waals surface area contributed by atoms with Crippen molar-refractivity contribution >= 4 is 21.6 Å². The third-order valence-electron chi connectivity index (χ3n) is 3.98. The van der Waals surface area contributed by atoms with E-state index in [1.54, 1.807) is 6.07 Å². The van der Waals surface area contributed by atoms with E-state index in [9.17, 15) is 8.42 Å². The van der Waals surface area contributed by atoms with E-state index in [2.05, 4.69) is 6.92 Å². The highest BCUT2D eigenvalue weighted by Crippen LogP contribution is 2.33. The fraction of sp³-hybridized carbons (Fsp3) is 0.647. The lowest BCUT2D eigenvalue weighted by atomic mass is 10.2. The molecule has 0 radical (unpaired) electrons. The van der Waals surface area contributed by atoms with Gasteiger partial charge in [0.05, 0.1) is 18.8 Å². The topological polar surface area (TPSA) is 55.8 Å². The number of benzene rings is 1. The standard InChI is InChI=1S/C17H26ClNO4S/c1-5-6-7-22-16-8-12(2)15(18)9-17(16)24(20,21)19-10-13(3)23-14(4)11-19/h8-9,13-14H,5-7,10-11H2,1-4H3. The first-order valence-corrected chi connectivity index (χ1v) is 10.2. The summed E-state index contributed by atoms with van der Waals surface area (Å²) in [6, 6.07) is 3.20. The second-order valence-electron chi connectivity index (χ2n) is 6.33. The van der Waals surface area contributed by atoms with E-state index in [0.717, 1.165) is 18.4 Å². The molecule has 2 unspecified atom stereocenters. The van der Waals surface area contributed by atoms with Gasteiger partial charge in [-0.25, -0.2) is 8.42 Å². The molecule has 0 aromatic heterocycles. The van der Waals surface area contributed by atoms with Gasteiger partial charge in [-0.1, -0.05) is 24.9 Å². The van der Waals surface area contributed by atoms with Gasteiger partial charge in [0, 0.05) is 18.1 Å². The molecule has 2 atom stereocenters. The number of sulfonamides is 1. The molecule has 24 heavy (non-hydrogen) atoms. The Labute approximate surface area is 149 Å². The minimum absolute atomic E-state index is 0.135. The molecule has 136 valence electrons. The molecule has 5 nitrogen and oxygen atoms in total. The summed E-state index contributed by atoms with van der Waals surface area (Å²) in [4.78, 5) is 0.135. The number of hydrogen-bond acceptors (Lipinski definition) is 4. The van der Waals surface area contributed by atoms with E-state index < -0.39 is 10.0 Å². The number of aryl methyl sites for hydroxylation is 1. The van der Waals surface area contributed by atoms with Gasteiger partial charge >= 0.3 is 0 Å². The molecule has 7 heteroatoms. The van der Waals surface area contributed by atoms with Gasteiger partial charge in [-0.3, -0.25) is 0 Å². The van der Waals surface area contributed by atoms with Crippen LogP contribution in [0.25, 0.3) is 0 Å². The molecule has 1 aromatic carbocycles. The Bertz CT molecular complexity index is 667. The fourth-order valence-electron chi connectivity index (χ4n) is 2.74. The van der Waals surface area contributed by atoms with Crippen LogP contribution < -0.4 is 4.74 Å². The monoisotopic (exact) mass is 375 g/mol. The number of halogens is 1. The lowest BCUT2D eigenvalue weighted by molar-refractivity contribution is -0.0441. The van der Waals surface area contributed by atoms with Crippen molar-refractivity contribution < 1.29 is 17.9 Å². The summed E-state index contributed by atoms with van der Waals surface area (Å²) in [5.41, 5.74) is 0.797. The second-order valence-corrected chi connectivity index (χ2v) is 8.64. The van der Waals surface area contributed by atoms with Crippen LogP contribution in [0, 0.1) is 6.92 Å². The summed E-state index contributed by atoms with van der Waals surface area (Å²) >= 11 is 6.19. The average Bonchev–Trinajstić information content (AvgIpc) is 2.49. The minimum atomic E-state index is -3.69. The molecule has 0 aliphatic carbocycles. The van der Waals surface area contributed by atoms with Crippen molar-refractivity contribution in [3.05, 3.63) is 22.7 Å². The zero-order chi connectivity index (χ0) is 17.9. The van der Waals surface area contributed by atoms with Gasteiger partial charge in [-0.15, -0.1) is 0 Å². The molecule has 1 heterocycles. The number of ether oxygens (including phenoxy) is 2. The Morgan fingerprint density at radius 2 is 1.92 bits per heavy atom. The highest BCUT2D eigenvalue weighted by atomic mass is 35.5. The van der Waals surface area contributed by atoms with Crippen LogP contribution >= 0.6 is 11.6 Å². The van der Waals surface area contributed by atoms with Crippen molar-refractivity contribution in [1.29, 1.82) is 0 Å². The van der Waals surface area contributed by atoms with Crippen molar-refractivity contribution in [3.8, 4) is 5.75 Å². The number of hydrogen-bond donors (Lipinski definition) is 0. The SMILES string of the molecule is CCCCOc1cc(C)c(Cl)cc1S(=O)(=O)N1CC(C)OC(C)C1. The number of morpholine rings is 1. The quantitative estimate of drug-likeness (QED) is 0.712. The zero-order valence-corrected chi connectivity index (χ0v) is 16.3. The van der Waals surface area contributed by atoms with Crippen LogP contribution in [0.5, 0.6) is 5.75 Å². The van der Waals surface area contributed by atoms with E-state index >= 15 is 0 Å². The molecule has 1 fully saturated rings. The van der Waals surface area contributed by atoms with Gasteiger partial charge in [0.15, 0.2) is 0 Å². The lowest BCUT2D eigenvalue weighted by Gasteiger charge is -2.34. The molecule has 1 aliphatic heterocycles. The Balaban J connectivity index is 2.38. The Kier molecular flexibility index (Phi) is 6.53. The predicted octanol–water partition coefficient (Wildman–Crippen LogP) is 3.63. The first-order valence-electron chi connectivity index (χ1n) is 8.34. The maximum absolute atomic E-state index is 13.1. The molecular weight excluding hydrogens is 350 g/mol. The summed E-state index contributed by atoms with van der Waals surface area (Å²) < 4.78 is 39.1. The van der Waals surface area contributed by atoms with E-state index in [4.69, 9.17) is 21.1 Å². The molecule has 1 aliphatic rings. The summed E-state index contributed by atoms with van der Waals surface area (Å²) in [7, 11) is -3.69. The predicted molar refractivity (Wildman–Crippen MR) is 95.4 cm³/mol. The van der Waals surface area contributed by atoms with Crippen molar-refractivity contribution in [2.45, 2.75) is 57.6 Å². The maximum Gasteiger partial charge on any atom is 0.246 e. The van der Waals surface area contributed by atoms with E-state index in [0.29, 0.717) is 30.5 Å². The van der Waals surface area contributed by atoms with E-state index in [1.165, 1.54) is 10.4 Å². The average molecular weight is 376 g/mol.